The summed E-state index contributed by atoms with van der Waals surface area (Å²) in [6.45, 7) is 4.23. The fourth-order valence-corrected chi connectivity index (χ4v) is 3.71. The van der Waals surface area contributed by atoms with Crippen LogP contribution in [0.5, 0.6) is 5.75 Å². The van der Waals surface area contributed by atoms with Crippen molar-refractivity contribution in [1.82, 2.24) is 0 Å². The van der Waals surface area contributed by atoms with E-state index in [-0.39, 0.29) is 11.9 Å². The molecular weight excluding hydrogens is 408 g/mol. The van der Waals surface area contributed by atoms with Crippen molar-refractivity contribution in [2.45, 2.75) is 38.7 Å². The van der Waals surface area contributed by atoms with Gasteiger partial charge >= 0.3 is 5.97 Å². The van der Waals surface area contributed by atoms with E-state index in [1.807, 2.05) is 60.4 Å². The Bertz CT molecular complexity index is 884. The fourth-order valence-electron chi connectivity index (χ4n) is 3.71. The molecule has 2 aromatic rings. The summed E-state index contributed by atoms with van der Waals surface area (Å²) in [6, 6.07) is 15.6. The van der Waals surface area contributed by atoms with E-state index < -0.39 is 6.10 Å². The number of hydrogen-bond acceptors (Lipinski definition) is 6. The maximum absolute atomic E-state index is 12.6. The SMILES string of the molecule is CCOC(Cc1ccc(NCCCCC(=O)N2CCOc3ccccc32)cc1)C(=O)OC. The molecule has 1 aliphatic rings. The lowest BCUT2D eigenvalue weighted by atomic mass is 10.1. The van der Waals surface area contributed by atoms with Crippen molar-refractivity contribution in [2.24, 2.45) is 0 Å². The lowest BCUT2D eigenvalue weighted by molar-refractivity contribution is -0.153. The molecule has 7 nitrogen and oxygen atoms in total. The minimum absolute atomic E-state index is 0.138. The molecular formula is C25H32N2O5. The largest absolute Gasteiger partial charge is 0.490 e. The first kappa shape index (κ1) is 23.6. The molecule has 0 aromatic heterocycles. The highest BCUT2D eigenvalue weighted by atomic mass is 16.6. The van der Waals surface area contributed by atoms with Gasteiger partial charge in [0.1, 0.15) is 12.4 Å². The summed E-state index contributed by atoms with van der Waals surface area (Å²) < 4.78 is 15.9. The van der Waals surface area contributed by atoms with Crippen LogP contribution in [0, 0.1) is 0 Å². The van der Waals surface area contributed by atoms with Crippen molar-refractivity contribution < 1.29 is 23.8 Å². The van der Waals surface area contributed by atoms with E-state index in [1.54, 1.807) is 0 Å². The number of nitrogens with one attached hydrogen (secondary N) is 1. The van der Waals surface area contributed by atoms with Gasteiger partial charge in [-0.25, -0.2) is 4.79 Å². The quantitative estimate of drug-likeness (QED) is 0.423. The number of benzene rings is 2. The Hall–Kier alpha value is -3.06. The molecule has 2 aromatic carbocycles. The molecule has 1 heterocycles. The zero-order valence-electron chi connectivity index (χ0n) is 18.8. The van der Waals surface area contributed by atoms with Gasteiger partial charge in [-0.2, -0.15) is 0 Å². The van der Waals surface area contributed by atoms with Crippen molar-refractivity contribution in [3.63, 3.8) is 0 Å². The molecule has 0 saturated carbocycles. The second-order valence-electron chi connectivity index (χ2n) is 7.61. The maximum atomic E-state index is 12.6. The zero-order valence-corrected chi connectivity index (χ0v) is 18.8. The average molecular weight is 441 g/mol. The summed E-state index contributed by atoms with van der Waals surface area (Å²) in [7, 11) is 1.37. The molecule has 172 valence electrons. The Kier molecular flexibility index (Phi) is 8.92. The number of unbranched alkanes of at least 4 members (excludes halogenated alkanes) is 1. The van der Waals surface area contributed by atoms with Gasteiger partial charge in [0.05, 0.1) is 19.3 Å². The van der Waals surface area contributed by atoms with Crippen LogP contribution in [0.2, 0.25) is 0 Å². The second kappa shape index (κ2) is 12.1. The zero-order chi connectivity index (χ0) is 22.8. The van der Waals surface area contributed by atoms with Gasteiger partial charge < -0.3 is 24.4 Å². The number of methoxy groups -OCH3 is 1. The summed E-state index contributed by atoms with van der Waals surface area (Å²) in [5, 5.41) is 3.39. The Balaban J connectivity index is 1.39. The van der Waals surface area contributed by atoms with Crippen LogP contribution in [0.25, 0.3) is 0 Å². The third-order valence-electron chi connectivity index (χ3n) is 5.38. The van der Waals surface area contributed by atoms with E-state index in [0.717, 1.165) is 42.1 Å². The molecule has 0 radical (unpaired) electrons. The van der Waals surface area contributed by atoms with Gasteiger partial charge in [-0.05, 0) is 49.6 Å². The first-order chi connectivity index (χ1) is 15.6. The highest BCUT2D eigenvalue weighted by molar-refractivity contribution is 5.95. The Morgan fingerprint density at radius 2 is 1.91 bits per heavy atom. The molecule has 1 N–H and O–H groups in total. The summed E-state index contributed by atoms with van der Waals surface area (Å²) in [6.07, 6.45) is 2.13. The summed E-state index contributed by atoms with van der Waals surface area (Å²) >= 11 is 0. The van der Waals surface area contributed by atoms with Crippen LogP contribution < -0.4 is 15.0 Å². The summed E-state index contributed by atoms with van der Waals surface area (Å²) in [4.78, 5) is 26.3. The molecule has 7 heteroatoms. The monoisotopic (exact) mass is 440 g/mol. The van der Waals surface area contributed by atoms with E-state index >= 15 is 0 Å². The van der Waals surface area contributed by atoms with Crippen LogP contribution in [0.1, 0.15) is 31.7 Å². The predicted molar refractivity (Wildman–Crippen MR) is 124 cm³/mol. The first-order valence-electron chi connectivity index (χ1n) is 11.2. The van der Waals surface area contributed by atoms with Crippen LogP contribution >= 0.6 is 0 Å². The Morgan fingerprint density at radius 3 is 2.66 bits per heavy atom. The van der Waals surface area contributed by atoms with Crippen molar-refractivity contribution in [1.29, 1.82) is 0 Å². The molecule has 1 atom stereocenters. The van der Waals surface area contributed by atoms with Crippen LogP contribution in [-0.4, -0.2) is 51.4 Å². The number of carbonyl (C=O) groups excluding carboxylic acids is 2. The molecule has 1 amide bonds. The lowest BCUT2D eigenvalue weighted by Gasteiger charge is -2.29. The van der Waals surface area contributed by atoms with E-state index in [0.29, 0.717) is 32.6 Å². The van der Waals surface area contributed by atoms with Gasteiger partial charge in [-0.3, -0.25) is 4.79 Å². The summed E-state index contributed by atoms with van der Waals surface area (Å²) in [5.41, 5.74) is 2.88. The Morgan fingerprint density at radius 1 is 1.12 bits per heavy atom. The molecule has 1 unspecified atom stereocenters. The summed E-state index contributed by atoms with van der Waals surface area (Å²) in [5.74, 6) is 0.556. The van der Waals surface area contributed by atoms with Crippen LogP contribution in [0.3, 0.4) is 0 Å². The van der Waals surface area contributed by atoms with E-state index in [1.165, 1.54) is 7.11 Å². The van der Waals surface area contributed by atoms with Gasteiger partial charge in [0.25, 0.3) is 0 Å². The van der Waals surface area contributed by atoms with Crippen molar-refractivity contribution in [3.8, 4) is 5.75 Å². The van der Waals surface area contributed by atoms with Crippen LogP contribution in [0.15, 0.2) is 48.5 Å². The number of carbonyl (C=O) groups is 2. The van der Waals surface area contributed by atoms with Gasteiger partial charge in [0.15, 0.2) is 6.10 Å². The molecule has 0 fully saturated rings. The third kappa shape index (κ3) is 6.47. The molecule has 0 aliphatic carbocycles. The van der Waals surface area contributed by atoms with Gasteiger partial charge in [-0.1, -0.05) is 24.3 Å². The number of nitrogens with zero attached hydrogens (tertiary/aromatic N) is 1. The topological polar surface area (TPSA) is 77.1 Å². The van der Waals surface area contributed by atoms with Gasteiger partial charge in [-0.15, -0.1) is 0 Å². The maximum Gasteiger partial charge on any atom is 0.335 e. The number of para-hydroxylation sites is 2. The standard InChI is InChI=1S/C25H32N2O5/c1-3-31-23(25(29)30-2)18-19-11-13-20(14-12-19)26-15-7-6-10-24(28)27-16-17-32-22-9-5-4-8-21(22)27/h4-5,8-9,11-14,23,26H,3,6-7,10,15-18H2,1-2H3. The van der Waals surface area contributed by atoms with Crippen LogP contribution in [0.4, 0.5) is 11.4 Å². The molecule has 3 rings (SSSR count). The smallest absolute Gasteiger partial charge is 0.335 e. The highest BCUT2D eigenvalue weighted by Crippen LogP contribution is 2.31. The number of hydrogen-bond donors (Lipinski definition) is 1. The van der Waals surface area contributed by atoms with Crippen LogP contribution in [-0.2, 0) is 25.5 Å². The average Bonchev–Trinajstić information content (AvgIpc) is 2.83. The second-order valence-corrected chi connectivity index (χ2v) is 7.61. The van der Waals surface area contributed by atoms with Crippen molar-refractivity contribution in [3.05, 3.63) is 54.1 Å². The first-order valence-corrected chi connectivity index (χ1v) is 11.2. The van der Waals surface area contributed by atoms with Gasteiger partial charge in [0.2, 0.25) is 5.91 Å². The van der Waals surface area contributed by atoms with Crippen molar-refractivity contribution >= 4 is 23.3 Å². The number of fused-ring (bicyclic) bond motifs is 1. The lowest BCUT2D eigenvalue weighted by Crippen LogP contribution is -2.37. The van der Waals surface area contributed by atoms with E-state index in [4.69, 9.17) is 14.2 Å². The highest BCUT2D eigenvalue weighted by Gasteiger charge is 2.22. The molecule has 32 heavy (non-hydrogen) atoms. The molecule has 1 aliphatic heterocycles. The van der Waals surface area contributed by atoms with Crippen molar-refractivity contribution in [2.75, 3.05) is 43.6 Å². The number of rotatable bonds is 11. The molecule has 0 bridgehead atoms. The fraction of sp³-hybridized carbons (Fsp3) is 0.440. The third-order valence-corrected chi connectivity index (χ3v) is 5.38. The minimum Gasteiger partial charge on any atom is -0.490 e. The number of ether oxygens (including phenoxy) is 3. The number of esters is 1. The Labute approximate surface area is 189 Å². The van der Waals surface area contributed by atoms with Gasteiger partial charge in [0, 0.05) is 31.7 Å². The van der Waals surface area contributed by atoms with E-state index in [9.17, 15) is 9.59 Å². The predicted octanol–water partition coefficient (Wildman–Crippen LogP) is 3.82. The molecule has 0 spiro atoms. The normalized spacial score (nSPS) is 13.6. The number of anilines is 2. The number of amides is 1. The molecule has 0 saturated heterocycles. The minimum atomic E-state index is -0.584. The van der Waals surface area contributed by atoms with E-state index in [2.05, 4.69) is 5.32 Å².